The summed E-state index contributed by atoms with van der Waals surface area (Å²) < 4.78 is 0. The quantitative estimate of drug-likeness (QED) is 0.534. The van der Waals surface area contributed by atoms with E-state index in [1.807, 2.05) is 0 Å². The SMILES string of the molecule is CCO.CCO.[CH3-].[CH3-].[V+2]. The molecule has 1 radical (unpaired) electrons. The topological polar surface area (TPSA) is 40.5 Å². The van der Waals surface area contributed by atoms with Crippen LogP contribution >= 0.6 is 0 Å². The molecular formula is C6H18O2V. The standard InChI is InChI=1S/2C2H6O.2CH3.V/c2*1-2-3;;;/h2*3H,2H2,1H3;2*1H3;/q;;2*-1;+2. The van der Waals surface area contributed by atoms with Crippen molar-refractivity contribution in [3.63, 3.8) is 0 Å². The van der Waals surface area contributed by atoms with Crippen LogP contribution in [0.3, 0.4) is 0 Å². The Morgan fingerprint density at radius 1 is 0.889 bits per heavy atom. The van der Waals surface area contributed by atoms with Gasteiger partial charge in [-0.05, 0) is 13.8 Å². The summed E-state index contributed by atoms with van der Waals surface area (Å²) in [4.78, 5) is 0. The van der Waals surface area contributed by atoms with Crippen molar-refractivity contribution in [3.05, 3.63) is 14.9 Å². The van der Waals surface area contributed by atoms with E-state index in [0.717, 1.165) is 0 Å². The molecule has 0 fully saturated rings. The van der Waals surface area contributed by atoms with Gasteiger partial charge in [-0.15, -0.1) is 0 Å². The maximum atomic E-state index is 7.57. The summed E-state index contributed by atoms with van der Waals surface area (Å²) in [5.41, 5.74) is 0. The molecule has 0 bridgehead atoms. The van der Waals surface area contributed by atoms with Crippen molar-refractivity contribution in [1.82, 2.24) is 0 Å². The third-order valence-corrected chi connectivity index (χ3v) is 0. The van der Waals surface area contributed by atoms with Gasteiger partial charge in [0.05, 0.1) is 0 Å². The van der Waals surface area contributed by atoms with Gasteiger partial charge in [0.2, 0.25) is 0 Å². The number of hydrogen-bond donors (Lipinski definition) is 2. The van der Waals surface area contributed by atoms with Gasteiger partial charge in [-0.1, -0.05) is 0 Å². The molecule has 0 aromatic rings. The summed E-state index contributed by atoms with van der Waals surface area (Å²) >= 11 is 0. The molecule has 0 saturated carbocycles. The first-order chi connectivity index (χ1) is 2.83. The zero-order valence-corrected chi connectivity index (χ0v) is 8.15. The monoisotopic (exact) mass is 173 g/mol. The second kappa shape index (κ2) is 76.4. The van der Waals surface area contributed by atoms with Gasteiger partial charge in [0.15, 0.2) is 0 Å². The van der Waals surface area contributed by atoms with E-state index >= 15 is 0 Å². The van der Waals surface area contributed by atoms with E-state index in [0.29, 0.717) is 0 Å². The van der Waals surface area contributed by atoms with E-state index in [1.54, 1.807) is 13.8 Å². The molecule has 0 heterocycles. The van der Waals surface area contributed by atoms with Crippen LogP contribution in [0.4, 0.5) is 0 Å². The average molecular weight is 173 g/mol. The van der Waals surface area contributed by atoms with Crippen LogP contribution in [-0.2, 0) is 18.6 Å². The molecule has 2 N–H and O–H groups in total. The van der Waals surface area contributed by atoms with Gasteiger partial charge in [0.1, 0.15) is 0 Å². The van der Waals surface area contributed by atoms with Crippen molar-refractivity contribution in [2.75, 3.05) is 13.2 Å². The van der Waals surface area contributed by atoms with Crippen LogP contribution in [0, 0.1) is 14.9 Å². The minimum atomic E-state index is 0. The van der Waals surface area contributed by atoms with Gasteiger partial charge in [0, 0.05) is 13.2 Å². The maximum Gasteiger partial charge on any atom is 2.00 e. The molecule has 0 aromatic carbocycles. The van der Waals surface area contributed by atoms with E-state index < -0.39 is 0 Å². The Labute approximate surface area is 71.2 Å². The van der Waals surface area contributed by atoms with Crippen LogP contribution < -0.4 is 0 Å². The van der Waals surface area contributed by atoms with Crippen molar-refractivity contribution in [3.8, 4) is 0 Å². The average Bonchev–Trinajstić information content (AvgIpc) is 1.39. The first-order valence-electron chi connectivity index (χ1n) is 2.05. The summed E-state index contributed by atoms with van der Waals surface area (Å²) in [7, 11) is 0. The molecule has 0 aliphatic heterocycles. The molecule has 0 saturated heterocycles. The van der Waals surface area contributed by atoms with Crippen LogP contribution in [0.2, 0.25) is 0 Å². The van der Waals surface area contributed by atoms with Crippen molar-refractivity contribution in [2.45, 2.75) is 13.8 Å². The van der Waals surface area contributed by atoms with Gasteiger partial charge >= 0.3 is 18.6 Å². The number of hydrogen-bond acceptors (Lipinski definition) is 2. The Bertz CT molecular complexity index is 13.0. The molecule has 0 amide bonds. The fraction of sp³-hybridized carbons (Fsp3) is 0.667. The summed E-state index contributed by atoms with van der Waals surface area (Å²) in [6.07, 6.45) is 0. The van der Waals surface area contributed by atoms with Crippen molar-refractivity contribution >= 4 is 0 Å². The van der Waals surface area contributed by atoms with Gasteiger partial charge in [-0.3, -0.25) is 0 Å². The first-order valence-corrected chi connectivity index (χ1v) is 2.05. The van der Waals surface area contributed by atoms with E-state index in [4.69, 9.17) is 10.2 Å². The van der Waals surface area contributed by atoms with E-state index in [-0.39, 0.29) is 46.6 Å². The van der Waals surface area contributed by atoms with Gasteiger partial charge in [0.25, 0.3) is 0 Å². The largest absolute Gasteiger partial charge is 2.00 e. The zero-order valence-electron chi connectivity index (χ0n) is 6.76. The Hall–Kier alpha value is 0.504. The number of rotatable bonds is 0. The molecule has 0 aliphatic rings. The minimum absolute atomic E-state index is 0. The third kappa shape index (κ3) is 1410. The molecule has 9 heavy (non-hydrogen) atoms. The smallest absolute Gasteiger partial charge is 0.397 e. The molecule has 0 spiro atoms. The predicted octanol–water partition coefficient (Wildman–Crippen LogP) is 0.895. The fourth-order valence-electron chi connectivity index (χ4n) is 0. The normalized spacial score (nSPS) is 4.00. The molecule has 0 unspecified atom stereocenters. The molecule has 0 aliphatic carbocycles. The van der Waals surface area contributed by atoms with Crippen LogP contribution in [0.1, 0.15) is 13.8 Å². The van der Waals surface area contributed by atoms with Crippen molar-refractivity contribution in [2.24, 2.45) is 0 Å². The summed E-state index contributed by atoms with van der Waals surface area (Å²) in [5, 5.41) is 15.1. The fourth-order valence-corrected chi connectivity index (χ4v) is 0. The molecular weight excluding hydrogens is 155 g/mol. The Kier molecular flexibility index (Phi) is 287. The van der Waals surface area contributed by atoms with Crippen LogP contribution in [-0.4, -0.2) is 23.4 Å². The third-order valence-electron chi connectivity index (χ3n) is 0. The van der Waals surface area contributed by atoms with E-state index in [1.165, 1.54) is 0 Å². The van der Waals surface area contributed by atoms with Gasteiger partial charge in [-0.25, -0.2) is 0 Å². The summed E-state index contributed by atoms with van der Waals surface area (Å²) in [6, 6.07) is 0. The molecule has 3 heteroatoms. The van der Waals surface area contributed by atoms with Gasteiger partial charge in [-0.2, -0.15) is 0 Å². The summed E-state index contributed by atoms with van der Waals surface area (Å²) in [5.74, 6) is 0. The zero-order chi connectivity index (χ0) is 5.41. The minimum Gasteiger partial charge on any atom is -0.397 e. The van der Waals surface area contributed by atoms with Crippen LogP contribution in [0.25, 0.3) is 0 Å². The molecule has 59 valence electrons. The molecule has 0 aromatic heterocycles. The molecule has 0 rings (SSSR count). The number of aliphatic hydroxyl groups excluding tert-OH is 2. The predicted molar refractivity (Wildman–Crippen MR) is 38.3 cm³/mol. The van der Waals surface area contributed by atoms with Gasteiger partial charge < -0.3 is 25.1 Å². The number of aliphatic hydroxyl groups is 2. The Balaban J connectivity index is -0.00000000889. The van der Waals surface area contributed by atoms with Crippen LogP contribution in [0.5, 0.6) is 0 Å². The molecule has 2 nitrogen and oxygen atoms in total. The Morgan fingerprint density at radius 3 is 0.889 bits per heavy atom. The molecule has 0 atom stereocenters. The van der Waals surface area contributed by atoms with Crippen molar-refractivity contribution < 1.29 is 28.8 Å². The van der Waals surface area contributed by atoms with Crippen molar-refractivity contribution in [1.29, 1.82) is 0 Å². The van der Waals surface area contributed by atoms with E-state index in [2.05, 4.69) is 0 Å². The summed E-state index contributed by atoms with van der Waals surface area (Å²) in [6.45, 7) is 3.86. The maximum absolute atomic E-state index is 7.57. The second-order valence-corrected chi connectivity index (χ2v) is 0.632. The Morgan fingerprint density at radius 2 is 0.889 bits per heavy atom. The van der Waals surface area contributed by atoms with E-state index in [9.17, 15) is 0 Å². The first kappa shape index (κ1) is 33.9. The van der Waals surface area contributed by atoms with Crippen LogP contribution in [0.15, 0.2) is 0 Å². The second-order valence-electron chi connectivity index (χ2n) is 0.632.